The van der Waals surface area contributed by atoms with Crippen LogP contribution >= 0.6 is 0 Å². The van der Waals surface area contributed by atoms with Crippen LogP contribution in [0.25, 0.3) is 0 Å². The molecule has 0 saturated heterocycles. The van der Waals surface area contributed by atoms with Crippen LogP contribution in [0.4, 0.5) is 10.1 Å². The summed E-state index contributed by atoms with van der Waals surface area (Å²) in [5, 5.41) is 5.68. The van der Waals surface area contributed by atoms with Crippen LogP contribution in [-0.2, 0) is 9.59 Å². The maximum absolute atomic E-state index is 13.5. The van der Waals surface area contributed by atoms with E-state index in [1.54, 1.807) is 18.2 Å². The first-order valence-corrected chi connectivity index (χ1v) is 7.99. The van der Waals surface area contributed by atoms with Gasteiger partial charge in [0.15, 0.2) is 0 Å². The Balaban J connectivity index is 1.49. The number of rotatable bonds is 4. The first-order valence-electron chi connectivity index (χ1n) is 7.99. The van der Waals surface area contributed by atoms with Crippen molar-refractivity contribution in [3.63, 3.8) is 0 Å². The molecule has 0 aliphatic heterocycles. The summed E-state index contributed by atoms with van der Waals surface area (Å²) >= 11 is 0. The quantitative estimate of drug-likeness (QED) is 0.898. The van der Waals surface area contributed by atoms with Crippen LogP contribution in [0.15, 0.2) is 24.3 Å². The third-order valence-corrected chi connectivity index (χ3v) is 4.52. The fraction of sp³-hybridized carbons (Fsp3) is 0.529. The van der Waals surface area contributed by atoms with Gasteiger partial charge in [0.1, 0.15) is 5.82 Å². The Bertz CT molecular complexity index is 564. The van der Waals surface area contributed by atoms with E-state index in [0.717, 1.165) is 25.7 Å². The summed E-state index contributed by atoms with van der Waals surface area (Å²) in [6.45, 7) is 0. The van der Waals surface area contributed by atoms with Gasteiger partial charge in [0, 0.05) is 17.9 Å². The molecule has 0 atom stereocenters. The largest absolute Gasteiger partial charge is 0.353 e. The molecule has 2 amide bonds. The first kappa shape index (κ1) is 15.0. The van der Waals surface area contributed by atoms with Crippen molar-refractivity contribution >= 4 is 17.5 Å². The molecule has 0 unspecified atom stereocenters. The second-order valence-corrected chi connectivity index (χ2v) is 6.30. The van der Waals surface area contributed by atoms with E-state index in [9.17, 15) is 14.0 Å². The summed E-state index contributed by atoms with van der Waals surface area (Å²) in [5.74, 6) is -0.544. The van der Waals surface area contributed by atoms with Gasteiger partial charge in [-0.1, -0.05) is 12.1 Å². The van der Waals surface area contributed by atoms with Crippen molar-refractivity contribution in [3.8, 4) is 0 Å². The average molecular weight is 304 g/mol. The van der Waals surface area contributed by atoms with Crippen molar-refractivity contribution in [2.24, 2.45) is 11.8 Å². The SMILES string of the molecule is O=C(Nc1ccccc1F)C1CCC(C(=O)NC2CC2)CC1. The molecule has 2 aliphatic rings. The van der Waals surface area contributed by atoms with Gasteiger partial charge < -0.3 is 10.6 Å². The van der Waals surface area contributed by atoms with Crippen LogP contribution < -0.4 is 10.6 Å². The zero-order valence-electron chi connectivity index (χ0n) is 12.5. The Kier molecular flexibility index (Phi) is 4.41. The number of carbonyl (C=O) groups excluding carboxylic acids is 2. The van der Waals surface area contributed by atoms with Gasteiger partial charge >= 0.3 is 0 Å². The highest BCUT2D eigenvalue weighted by molar-refractivity contribution is 5.92. The minimum atomic E-state index is -0.423. The number of halogens is 1. The minimum Gasteiger partial charge on any atom is -0.353 e. The molecule has 3 rings (SSSR count). The van der Waals surface area contributed by atoms with Crippen LogP contribution in [0, 0.1) is 17.7 Å². The molecule has 0 aromatic heterocycles. The van der Waals surface area contributed by atoms with Crippen molar-refractivity contribution < 1.29 is 14.0 Å². The predicted molar refractivity (Wildman–Crippen MR) is 81.6 cm³/mol. The Hall–Kier alpha value is -1.91. The third kappa shape index (κ3) is 3.64. The molecule has 2 fully saturated rings. The molecule has 0 spiro atoms. The Morgan fingerprint density at radius 3 is 2.09 bits per heavy atom. The van der Waals surface area contributed by atoms with Gasteiger partial charge in [-0.2, -0.15) is 0 Å². The Morgan fingerprint density at radius 1 is 0.909 bits per heavy atom. The number of nitrogens with one attached hydrogen (secondary N) is 2. The molecule has 2 saturated carbocycles. The average Bonchev–Trinajstić information content (AvgIpc) is 3.33. The maximum atomic E-state index is 13.5. The molecular weight excluding hydrogens is 283 g/mol. The summed E-state index contributed by atoms with van der Waals surface area (Å²) < 4.78 is 13.5. The van der Waals surface area contributed by atoms with Gasteiger partial charge in [0.25, 0.3) is 0 Å². The fourth-order valence-corrected chi connectivity index (χ4v) is 2.96. The summed E-state index contributed by atoms with van der Waals surface area (Å²) in [6, 6.07) is 6.55. The summed E-state index contributed by atoms with van der Waals surface area (Å²) in [4.78, 5) is 24.2. The van der Waals surface area contributed by atoms with Gasteiger partial charge in [0.05, 0.1) is 5.69 Å². The lowest BCUT2D eigenvalue weighted by molar-refractivity contribution is -0.128. The molecule has 4 nitrogen and oxygen atoms in total. The lowest BCUT2D eigenvalue weighted by atomic mass is 9.81. The summed E-state index contributed by atoms with van der Waals surface area (Å²) in [7, 11) is 0. The smallest absolute Gasteiger partial charge is 0.227 e. The minimum absolute atomic E-state index is 0.0260. The molecule has 2 N–H and O–H groups in total. The van der Waals surface area contributed by atoms with Gasteiger partial charge in [-0.05, 0) is 50.7 Å². The highest BCUT2D eigenvalue weighted by Gasteiger charge is 2.32. The van der Waals surface area contributed by atoms with Crippen molar-refractivity contribution in [1.82, 2.24) is 5.32 Å². The number of hydrogen-bond acceptors (Lipinski definition) is 2. The lowest BCUT2D eigenvalue weighted by Crippen LogP contribution is -2.36. The van der Waals surface area contributed by atoms with Gasteiger partial charge in [0.2, 0.25) is 11.8 Å². The lowest BCUT2D eigenvalue weighted by Gasteiger charge is -2.27. The van der Waals surface area contributed by atoms with Crippen molar-refractivity contribution in [2.75, 3.05) is 5.32 Å². The standard InChI is InChI=1S/C17H21FN2O2/c18-14-3-1-2-4-15(14)20-17(22)12-7-5-11(6-8-12)16(21)19-13-9-10-13/h1-4,11-13H,5-10H2,(H,19,21)(H,20,22). The van der Waals surface area contributed by atoms with Crippen molar-refractivity contribution in [1.29, 1.82) is 0 Å². The molecule has 0 bridgehead atoms. The zero-order chi connectivity index (χ0) is 15.5. The first-order chi connectivity index (χ1) is 10.6. The summed E-state index contributed by atoms with van der Waals surface area (Å²) in [6.07, 6.45) is 5.01. The van der Waals surface area contributed by atoms with Crippen LogP contribution in [0.3, 0.4) is 0 Å². The highest BCUT2D eigenvalue weighted by Crippen LogP contribution is 2.31. The molecule has 1 aromatic rings. The van der Waals surface area contributed by atoms with Crippen LogP contribution in [-0.4, -0.2) is 17.9 Å². The Labute approximate surface area is 129 Å². The summed E-state index contributed by atoms with van der Waals surface area (Å²) in [5.41, 5.74) is 0.223. The highest BCUT2D eigenvalue weighted by atomic mass is 19.1. The van der Waals surface area contributed by atoms with E-state index in [4.69, 9.17) is 0 Å². The van der Waals surface area contributed by atoms with E-state index >= 15 is 0 Å². The number of benzene rings is 1. The number of para-hydroxylation sites is 1. The number of anilines is 1. The molecule has 1 aromatic carbocycles. The van der Waals surface area contributed by atoms with E-state index in [1.807, 2.05) is 0 Å². The van der Waals surface area contributed by atoms with Crippen molar-refractivity contribution in [2.45, 2.75) is 44.6 Å². The normalized spacial score (nSPS) is 24.6. The van der Waals surface area contributed by atoms with Crippen LogP contribution in [0.1, 0.15) is 38.5 Å². The van der Waals surface area contributed by atoms with E-state index in [-0.39, 0.29) is 29.3 Å². The number of carbonyl (C=O) groups is 2. The zero-order valence-corrected chi connectivity index (χ0v) is 12.5. The van der Waals surface area contributed by atoms with Crippen LogP contribution in [0.5, 0.6) is 0 Å². The second kappa shape index (κ2) is 6.46. The number of hydrogen-bond donors (Lipinski definition) is 2. The fourth-order valence-electron chi connectivity index (χ4n) is 2.96. The number of amides is 2. The van der Waals surface area contributed by atoms with E-state index < -0.39 is 5.82 Å². The molecular formula is C17H21FN2O2. The van der Waals surface area contributed by atoms with E-state index in [2.05, 4.69) is 10.6 Å². The van der Waals surface area contributed by atoms with Crippen molar-refractivity contribution in [3.05, 3.63) is 30.1 Å². The predicted octanol–water partition coefficient (Wildman–Crippen LogP) is 2.85. The molecule has 0 heterocycles. The second-order valence-electron chi connectivity index (χ2n) is 6.30. The third-order valence-electron chi connectivity index (χ3n) is 4.52. The monoisotopic (exact) mass is 304 g/mol. The van der Waals surface area contributed by atoms with E-state index in [1.165, 1.54) is 6.07 Å². The molecule has 2 aliphatic carbocycles. The molecule has 118 valence electrons. The van der Waals surface area contributed by atoms with Gasteiger partial charge in [-0.3, -0.25) is 9.59 Å². The molecule has 22 heavy (non-hydrogen) atoms. The van der Waals surface area contributed by atoms with E-state index in [0.29, 0.717) is 18.9 Å². The topological polar surface area (TPSA) is 58.2 Å². The molecule has 0 radical (unpaired) electrons. The van der Waals surface area contributed by atoms with Gasteiger partial charge in [-0.15, -0.1) is 0 Å². The maximum Gasteiger partial charge on any atom is 0.227 e. The Morgan fingerprint density at radius 2 is 1.50 bits per heavy atom. The van der Waals surface area contributed by atoms with Crippen LogP contribution in [0.2, 0.25) is 0 Å². The van der Waals surface area contributed by atoms with Gasteiger partial charge in [-0.25, -0.2) is 4.39 Å². The molecule has 5 heteroatoms.